The molecule has 0 atom stereocenters. The molecule has 0 aromatic heterocycles. The number of hydrogen-bond acceptors (Lipinski definition) is 4. The number of ether oxygens (including phenoxy) is 2. The molecule has 0 rings (SSSR count). The zero-order valence-corrected chi connectivity index (χ0v) is 8.62. The largest absolute Gasteiger partial charge is 0.463 e. The van der Waals surface area contributed by atoms with Crippen LogP contribution in [0.2, 0.25) is 0 Å². The molecule has 0 aliphatic heterocycles. The Labute approximate surface area is 83.9 Å². The summed E-state index contributed by atoms with van der Waals surface area (Å²) in [6.45, 7) is 7.73. The number of hydrogen-bond donors (Lipinski definition) is 1. The van der Waals surface area contributed by atoms with Crippen LogP contribution in [0.15, 0.2) is 12.7 Å². The minimum atomic E-state index is -0.711. The standard InChI is InChI=1S/C6H10O2.C3H7NO2/c1-3-5-8-6(7)4-2;1-2-6-3(4)5/h4H,2-3,5H2,1H3;2H2,1H3,(H2,4,5). The molecule has 0 unspecified atom stereocenters. The number of esters is 1. The summed E-state index contributed by atoms with van der Waals surface area (Å²) in [5.41, 5.74) is 4.54. The third kappa shape index (κ3) is 16.8. The van der Waals surface area contributed by atoms with Crippen molar-refractivity contribution in [1.29, 1.82) is 0 Å². The van der Waals surface area contributed by atoms with Gasteiger partial charge in [0.15, 0.2) is 0 Å². The van der Waals surface area contributed by atoms with Crippen LogP contribution in [0.5, 0.6) is 0 Å². The van der Waals surface area contributed by atoms with Crippen LogP contribution in [0.25, 0.3) is 0 Å². The van der Waals surface area contributed by atoms with E-state index in [1.165, 1.54) is 0 Å². The summed E-state index contributed by atoms with van der Waals surface area (Å²) in [6.07, 6.45) is 1.31. The molecular weight excluding hydrogens is 186 g/mol. The monoisotopic (exact) mass is 203 g/mol. The van der Waals surface area contributed by atoms with Gasteiger partial charge in [0.1, 0.15) is 0 Å². The highest BCUT2D eigenvalue weighted by molar-refractivity contribution is 5.81. The van der Waals surface area contributed by atoms with Crippen LogP contribution in [0.1, 0.15) is 20.3 Å². The molecule has 0 aliphatic rings. The number of rotatable bonds is 4. The first-order chi connectivity index (χ1) is 6.58. The Kier molecular flexibility index (Phi) is 12.3. The molecule has 1 amide bonds. The summed E-state index contributed by atoms with van der Waals surface area (Å²) >= 11 is 0. The Morgan fingerprint density at radius 3 is 2.14 bits per heavy atom. The van der Waals surface area contributed by atoms with Gasteiger partial charge in [-0.25, -0.2) is 9.59 Å². The van der Waals surface area contributed by atoms with Crippen LogP contribution in [0.4, 0.5) is 4.79 Å². The first-order valence-electron chi connectivity index (χ1n) is 4.29. The molecule has 0 heterocycles. The first kappa shape index (κ1) is 15.0. The molecule has 82 valence electrons. The van der Waals surface area contributed by atoms with E-state index in [2.05, 4.69) is 21.8 Å². The van der Waals surface area contributed by atoms with E-state index >= 15 is 0 Å². The minimum Gasteiger partial charge on any atom is -0.463 e. The Balaban J connectivity index is 0. The summed E-state index contributed by atoms with van der Waals surface area (Å²) in [7, 11) is 0. The smallest absolute Gasteiger partial charge is 0.404 e. The van der Waals surface area contributed by atoms with Gasteiger partial charge in [-0.2, -0.15) is 0 Å². The van der Waals surface area contributed by atoms with Gasteiger partial charge in [0.2, 0.25) is 0 Å². The van der Waals surface area contributed by atoms with E-state index in [-0.39, 0.29) is 5.97 Å². The molecule has 0 spiro atoms. The number of amides is 1. The SMILES string of the molecule is C=CC(=O)OCCC.CCOC(N)=O. The van der Waals surface area contributed by atoms with Crippen molar-refractivity contribution in [2.45, 2.75) is 20.3 Å². The van der Waals surface area contributed by atoms with Crippen molar-refractivity contribution < 1.29 is 19.1 Å². The minimum absolute atomic E-state index is 0.341. The molecule has 0 aromatic carbocycles. The average Bonchev–Trinajstić information content (AvgIpc) is 2.15. The maximum atomic E-state index is 10.2. The lowest BCUT2D eigenvalue weighted by molar-refractivity contribution is -0.137. The lowest BCUT2D eigenvalue weighted by Gasteiger charge is -1.94. The molecule has 5 heteroatoms. The first-order valence-corrected chi connectivity index (χ1v) is 4.29. The van der Waals surface area contributed by atoms with E-state index < -0.39 is 6.09 Å². The zero-order valence-electron chi connectivity index (χ0n) is 8.62. The summed E-state index contributed by atoms with van der Waals surface area (Å²) < 4.78 is 8.76. The molecule has 0 bridgehead atoms. The normalized spacial score (nSPS) is 7.86. The topological polar surface area (TPSA) is 78.6 Å². The Bertz CT molecular complexity index is 180. The quantitative estimate of drug-likeness (QED) is 0.550. The molecule has 5 nitrogen and oxygen atoms in total. The van der Waals surface area contributed by atoms with Crippen LogP contribution in [0.3, 0.4) is 0 Å². The predicted molar refractivity (Wildman–Crippen MR) is 52.7 cm³/mol. The van der Waals surface area contributed by atoms with E-state index in [9.17, 15) is 9.59 Å². The number of primary amides is 1. The van der Waals surface area contributed by atoms with E-state index in [1.807, 2.05) is 6.92 Å². The molecule has 0 aromatic rings. The van der Waals surface area contributed by atoms with Crippen LogP contribution in [0, 0.1) is 0 Å². The molecule has 0 saturated carbocycles. The van der Waals surface area contributed by atoms with Crippen molar-refractivity contribution in [3.63, 3.8) is 0 Å². The molecular formula is C9H17NO4. The zero-order chi connectivity index (χ0) is 11.4. The van der Waals surface area contributed by atoms with Crippen molar-refractivity contribution in [1.82, 2.24) is 0 Å². The van der Waals surface area contributed by atoms with Crippen molar-refractivity contribution in [3.8, 4) is 0 Å². The van der Waals surface area contributed by atoms with Gasteiger partial charge in [-0.05, 0) is 13.3 Å². The van der Waals surface area contributed by atoms with Gasteiger partial charge in [-0.15, -0.1) is 0 Å². The van der Waals surface area contributed by atoms with Gasteiger partial charge in [0.05, 0.1) is 13.2 Å². The van der Waals surface area contributed by atoms with Crippen LogP contribution in [-0.4, -0.2) is 25.3 Å². The second kappa shape index (κ2) is 11.5. The fraction of sp³-hybridized carbons (Fsp3) is 0.556. The van der Waals surface area contributed by atoms with Gasteiger partial charge in [0.25, 0.3) is 0 Å². The van der Waals surface area contributed by atoms with Crippen molar-refractivity contribution >= 4 is 12.1 Å². The van der Waals surface area contributed by atoms with E-state index in [0.29, 0.717) is 13.2 Å². The third-order valence-electron chi connectivity index (χ3n) is 0.902. The fourth-order valence-electron chi connectivity index (χ4n) is 0.404. The lowest BCUT2D eigenvalue weighted by atomic mass is 10.5. The Morgan fingerprint density at radius 1 is 1.36 bits per heavy atom. The van der Waals surface area contributed by atoms with Crippen molar-refractivity contribution in [2.24, 2.45) is 5.73 Å². The molecule has 0 saturated heterocycles. The summed E-state index contributed by atoms with van der Waals surface area (Å²) in [4.78, 5) is 19.8. The summed E-state index contributed by atoms with van der Waals surface area (Å²) in [5, 5.41) is 0. The summed E-state index contributed by atoms with van der Waals surface area (Å²) in [5.74, 6) is -0.341. The van der Waals surface area contributed by atoms with Gasteiger partial charge in [-0.1, -0.05) is 13.5 Å². The van der Waals surface area contributed by atoms with Gasteiger partial charge >= 0.3 is 12.1 Å². The van der Waals surface area contributed by atoms with Crippen LogP contribution >= 0.6 is 0 Å². The van der Waals surface area contributed by atoms with Crippen molar-refractivity contribution in [3.05, 3.63) is 12.7 Å². The second-order valence-electron chi connectivity index (χ2n) is 2.12. The van der Waals surface area contributed by atoms with Crippen LogP contribution in [-0.2, 0) is 14.3 Å². The number of nitrogens with two attached hydrogens (primary N) is 1. The van der Waals surface area contributed by atoms with E-state index in [4.69, 9.17) is 0 Å². The number of carbonyl (C=O) groups is 2. The van der Waals surface area contributed by atoms with Gasteiger partial charge in [0, 0.05) is 6.08 Å². The molecule has 0 radical (unpaired) electrons. The van der Waals surface area contributed by atoms with Crippen molar-refractivity contribution in [2.75, 3.05) is 13.2 Å². The van der Waals surface area contributed by atoms with Gasteiger partial charge < -0.3 is 15.2 Å². The summed E-state index contributed by atoms with van der Waals surface area (Å²) in [6, 6.07) is 0. The maximum Gasteiger partial charge on any atom is 0.404 e. The van der Waals surface area contributed by atoms with E-state index in [0.717, 1.165) is 12.5 Å². The fourth-order valence-corrected chi connectivity index (χ4v) is 0.404. The second-order valence-corrected chi connectivity index (χ2v) is 2.12. The molecule has 0 fully saturated rings. The molecule has 0 aliphatic carbocycles. The Hall–Kier alpha value is -1.52. The van der Waals surface area contributed by atoms with E-state index in [1.54, 1.807) is 6.92 Å². The number of carbonyl (C=O) groups excluding carboxylic acids is 2. The third-order valence-corrected chi connectivity index (χ3v) is 0.902. The highest BCUT2D eigenvalue weighted by atomic mass is 16.5. The van der Waals surface area contributed by atoms with Crippen LogP contribution < -0.4 is 5.73 Å². The Morgan fingerprint density at radius 2 is 1.93 bits per heavy atom. The highest BCUT2D eigenvalue weighted by Gasteiger charge is 1.89. The highest BCUT2D eigenvalue weighted by Crippen LogP contribution is 1.81. The molecule has 2 N–H and O–H groups in total. The van der Waals surface area contributed by atoms with Gasteiger partial charge in [-0.3, -0.25) is 0 Å². The predicted octanol–water partition coefficient (Wildman–Crippen LogP) is 1.23. The lowest BCUT2D eigenvalue weighted by Crippen LogP contribution is -2.11. The average molecular weight is 203 g/mol. The molecule has 14 heavy (non-hydrogen) atoms. The maximum absolute atomic E-state index is 10.2.